The average Bonchev–Trinajstić information content (AvgIpc) is 2.90. The van der Waals surface area contributed by atoms with Crippen molar-refractivity contribution in [1.82, 2.24) is 15.0 Å². The topological polar surface area (TPSA) is 41.9 Å². The molecular weight excluding hydrogens is 292 g/mol. The van der Waals surface area contributed by atoms with Gasteiger partial charge in [-0.25, -0.2) is 9.97 Å². The van der Waals surface area contributed by atoms with Gasteiger partial charge >= 0.3 is 0 Å². The Morgan fingerprint density at radius 2 is 2.06 bits per heavy atom. The summed E-state index contributed by atoms with van der Waals surface area (Å²) in [7, 11) is 0. The first-order chi connectivity index (χ1) is 8.84. The maximum atomic E-state index is 4.38. The van der Waals surface area contributed by atoms with Crippen LogP contribution in [0.1, 0.15) is 24.4 Å². The van der Waals surface area contributed by atoms with Gasteiger partial charge in [-0.2, -0.15) is 0 Å². The SMILES string of the molecule is Brc1cnc(N2CCCC2c2cccnc2)nc1. The minimum Gasteiger partial charge on any atom is -0.334 e. The fourth-order valence-corrected chi connectivity index (χ4v) is 2.58. The highest BCUT2D eigenvalue weighted by Crippen LogP contribution is 2.33. The summed E-state index contributed by atoms with van der Waals surface area (Å²) >= 11 is 3.36. The van der Waals surface area contributed by atoms with Gasteiger partial charge in [0.25, 0.3) is 0 Å². The Bertz CT molecular complexity index is 514. The molecule has 2 aromatic heterocycles. The molecule has 92 valence electrons. The Kier molecular flexibility index (Phi) is 3.23. The Labute approximate surface area is 114 Å². The second-order valence-corrected chi connectivity index (χ2v) is 5.25. The Morgan fingerprint density at radius 1 is 1.22 bits per heavy atom. The average molecular weight is 305 g/mol. The minimum absolute atomic E-state index is 0.347. The summed E-state index contributed by atoms with van der Waals surface area (Å²) in [6, 6.07) is 4.45. The molecule has 5 heteroatoms. The summed E-state index contributed by atoms with van der Waals surface area (Å²) < 4.78 is 0.906. The standard InChI is InChI=1S/C13H13BrN4/c14-11-8-16-13(17-9-11)18-6-2-4-12(18)10-3-1-5-15-7-10/h1,3,5,7-9,12H,2,4,6H2. The lowest BCUT2D eigenvalue weighted by atomic mass is 10.1. The second kappa shape index (κ2) is 5.02. The third-order valence-electron chi connectivity index (χ3n) is 3.19. The van der Waals surface area contributed by atoms with Crippen molar-refractivity contribution in [3.05, 3.63) is 47.0 Å². The Hall–Kier alpha value is -1.49. The number of anilines is 1. The van der Waals surface area contributed by atoms with Crippen molar-refractivity contribution in [2.75, 3.05) is 11.4 Å². The van der Waals surface area contributed by atoms with Gasteiger partial charge in [-0.1, -0.05) is 6.07 Å². The van der Waals surface area contributed by atoms with Crippen LogP contribution in [0.4, 0.5) is 5.95 Å². The minimum atomic E-state index is 0.347. The van der Waals surface area contributed by atoms with Crippen LogP contribution < -0.4 is 4.90 Å². The van der Waals surface area contributed by atoms with Crippen LogP contribution in [0.5, 0.6) is 0 Å². The number of pyridine rings is 1. The molecular formula is C13H13BrN4. The lowest BCUT2D eigenvalue weighted by Gasteiger charge is -2.24. The molecule has 1 unspecified atom stereocenters. The van der Waals surface area contributed by atoms with E-state index in [9.17, 15) is 0 Å². The van der Waals surface area contributed by atoms with E-state index < -0.39 is 0 Å². The van der Waals surface area contributed by atoms with Crippen molar-refractivity contribution in [3.8, 4) is 0 Å². The van der Waals surface area contributed by atoms with Gasteiger partial charge in [0.05, 0.1) is 10.5 Å². The van der Waals surface area contributed by atoms with Crippen molar-refractivity contribution < 1.29 is 0 Å². The van der Waals surface area contributed by atoms with E-state index in [1.165, 1.54) is 12.0 Å². The van der Waals surface area contributed by atoms with Crippen LogP contribution in [0.2, 0.25) is 0 Å². The number of hydrogen-bond donors (Lipinski definition) is 0. The highest BCUT2D eigenvalue weighted by molar-refractivity contribution is 9.10. The predicted molar refractivity (Wildman–Crippen MR) is 73.3 cm³/mol. The molecule has 3 rings (SSSR count). The van der Waals surface area contributed by atoms with Crippen molar-refractivity contribution >= 4 is 21.9 Å². The molecule has 0 spiro atoms. The predicted octanol–water partition coefficient (Wildman–Crippen LogP) is 2.98. The monoisotopic (exact) mass is 304 g/mol. The molecule has 0 saturated carbocycles. The summed E-state index contributed by atoms with van der Waals surface area (Å²) in [6.45, 7) is 1.00. The van der Waals surface area contributed by atoms with Gasteiger partial charge in [0.2, 0.25) is 5.95 Å². The van der Waals surface area contributed by atoms with Gasteiger partial charge in [-0.05, 0) is 40.4 Å². The van der Waals surface area contributed by atoms with E-state index >= 15 is 0 Å². The van der Waals surface area contributed by atoms with E-state index in [0.29, 0.717) is 6.04 Å². The number of nitrogens with zero attached hydrogens (tertiary/aromatic N) is 4. The zero-order valence-corrected chi connectivity index (χ0v) is 11.4. The third kappa shape index (κ3) is 2.22. The highest BCUT2D eigenvalue weighted by Gasteiger charge is 2.27. The summed E-state index contributed by atoms with van der Waals surface area (Å²) in [5.74, 6) is 0.796. The lowest BCUT2D eigenvalue weighted by molar-refractivity contribution is 0.698. The van der Waals surface area contributed by atoms with Crippen LogP contribution in [-0.2, 0) is 0 Å². The summed E-state index contributed by atoms with van der Waals surface area (Å²) in [5, 5.41) is 0. The second-order valence-electron chi connectivity index (χ2n) is 4.34. The lowest BCUT2D eigenvalue weighted by Crippen LogP contribution is -2.24. The number of halogens is 1. The molecule has 1 aliphatic rings. The number of rotatable bonds is 2. The smallest absolute Gasteiger partial charge is 0.225 e. The van der Waals surface area contributed by atoms with Crippen LogP contribution in [0, 0.1) is 0 Å². The molecule has 1 saturated heterocycles. The third-order valence-corrected chi connectivity index (χ3v) is 3.60. The van der Waals surface area contributed by atoms with Crippen molar-refractivity contribution in [2.24, 2.45) is 0 Å². The van der Waals surface area contributed by atoms with E-state index in [4.69, 9.17) is 0 Å². The maximum Gasteiger partial charge on any atom is 0.225 e. The first kappa shape index (κ1) is 11.6. The van der Waals surface area contributed by atoms with Crippen LogP contribution in [0.25, 0.3) is 0 Å². The highest BCUT2D eigenvalue weighted by atomic mass is 79.9. The van der Waals surface area contributed by atoms with Gasteiger partial charge in [0.15, 0.2) is 0 Å². The molecule has 1 atom stereocenters. The van der Waals surface area contributed by atoms with Crippen LogP contribution >= 0.6 is 15.9 Å². The largest absolute Gasteiger partial charge is 0.334 e. The molecule has 0 radical (unpaired) electrons. The van der Waals surface area contributed by atoms with Crippen LogP contribution in [-0.4, -0.2) is 21.5 Å². The molecule has 2 aromatic rings. The van der Waals surface area contributed by atoms with Crippen molar-refractivity contribution in [1.29, 1.82) is 0 Å². The van der Waals surface area contributed by atoms with E-state index in [1.807, 2.05) is 12.3 Å². The van der Waals surface area contributed by atoms with Gasteiger partial charge in [0, 0.05) is 31.3 Å². The van der Waals surface area contributed by atoms with Gasteiger partial charge in [-0.3, -0.25) is 4.98 Å². The first-order valence-electron chi connectivity index (χ1n) is 5.99. The zero-order chi connectivity index (χ0) is 12.4. The molecule has 0 aromatic carbocycles. The number of hydrogen-bond acceptors (Lipinski definition) is 4. The quantitative estimate of drug-likeness (QED) is 0.855. The molecule has 0 bridgehead atoms. The summed E-state index contributed by atoms with van der Waals surface area (Å²) in [5.41, 5.74) is 1.24. The maximum absolute atomic E-state index is 4.38. The molecule has 1 fully saturated rings. The molecule has 18 heavy (non-hydrogen) atoms. The molecule has 1 aliphatic heterocycles. The number of aromatic nitrogens is 3. The zero-order valence-electron chi connectivity index (χ0n) is 9.83. The first-order valence-corrected chi connectivity index (χ1v) is 6.78. The summed E-state index contributed by atoms with van der Waals surface area (Å²) in [6.07, 6.45) is 9.62. The summed E-state index contributed by atoms with van der Waals surface area (Å²) in [4.78, 5) is 15.2. The molecule has 0 N–H and O–H groups in total. The van der Waals surface area contributed by atoms with Gasteiger partial charge < -0.3 is 4.90 Å². The Balaban J connectivity index is 1.90. The van der Waals surface area contributed by atoms with E-state index in [-0.39, 0.29) is 0 Å². The molecule has 0 amide bonds. The normalized spacial score (nSPS) is 19.2. The van der Waals surface area contributed by atoms with Crippen molar-refractivity contribution in [3.63, 3.8) is 0 Å². The van der Waals surface area contributed by atoms with E-state index in [0.717, 1.165) is 23.4 Å². The Morgan fingerprint density at radius 3 is 2.78 bits per heavy atom. The molecule has 0 aliphatic carbocycles. The van der Waals surface area contributed by atoms with Crippen molar-refractivity contribution in [2.45, 2.75) is 18.9 Å². The fourth-order valence-electron chi connectivity index (χ4n) is 2.38. The van der Waals surface area contributed by atoms with Crippen LogP contribution in [0.15, 0.2) is 41.4 Å². The molecule has 4 nitrogen and oxygen atoms in total. The van der Waals surface area contributed by atoms with E-state index in [2.05, 4.69) is 41.8 Å². The van der Waals surface area contributed by atoms with Gasteiger partial charge in [-0.15, -0.1) is 0 Å². The fraction of sp³-hybridized carbons (Fsp3) is 0.308. The molecule has 3 heterocycles. The van der Waals surface area contributed by atoms with Gasteiger partial charge in [0.1, 0.15) is 0 Å². The van der Waals surface area contributed by atoms with E-state index in [1.54, 1.807) is 18.6 Å². The van der Waals surface area contributed by atoms with Crippen LogP contribution in [0.3, 0.4) is 0 Å².